The van der Waals surface area contributed by atoms with Gasteiger partial charge in [-0.15, -0.1) is 11.3 Å². The van der Waals surface area contributed by atoms with Crippen LogP contribution in [0.25, 0.3) is 109 Å². The molecule has 0 N–H and O–H groups in total. The van der Waals surface area contributed by atoms with Crippen LogP contribution in [-0.4, -0.2) is 0 Å². The standard InChI is InChI=1S/C48H28O2S/c1-2-10-30-27-45-40(24-29(30)9-1)39-25-34(19-21-44(39)50-45)48-37-15-5-3-13-35(37)47(36-14-4-6-16-38(36)48)33-18-20-43-41(26-33)42(28-49-43)31-11-7-12-32(23-31)46-17-8-22-51-46/h1-28H. The van der Waals surface area contributed by atoms with E-state index in [2.05, 4.69) is 163 Å². The van der Waals surface area contributed by atoms with Gasteiger partial charge in [0.1, 0.15) is 16.7 Å². The minimum absolute atomic E-state index is 0.883. The third kappa shape index (κ3) is 4.42. The quantitative estimate of drug-likeness (QED) is 0.175. The van der Waals surface area contributed by atoms with Crippen molar-refractivity contribution in [3.8, 4) is 43.8 Å². The second-order valence-electron chi connectivity index (χ2n) is 13.3. The summed E-state index contributed by atoms with van der Waals surface area (Å²) in [5.41, 5.74) is 11.0. The summed E-state index contributed by atoms with van der Waals surface area (Å²) in [6.07, 6.45) is 1.90. The van der Waals surface area contributed by atoms with Crippen LogP contribution in [0.2, 0.25) is 0 Å². The number of hydrogen-bond donors (Lipinski definition) is 0. The monoisotopic (exact) mass is 668 g/mol. The second-order valence-corrected chi connectivity index (χ2v) is 14.2. The smallest absolute Gasteiger partial charge is 0.136 e. The van der Waals surface area contributed by atoms with Gasteiger partial charge in [0.05, 0.1) is 6.26 Å². The first-order valence-electron chi connectivity index (χ1n) is 17.2. The lowest BCUT2D eigenvalue weighted by Gasteiger charge is -2.18. The molecule has 8 aromatic carbocycles. The lowest BCUT2D eigenvalue weighted by molar-refractivity contribution is 0.617. The first-order chi connectivity index (χ1) is 25.3. The molecular formula is C48H28O2S. The molecule has 0 saturated heterocycles. The Hall–Kier alpha value is -6.42. The molecule has 0 saturated carbocycles. The summed E-state index contributed by atoms with van der Waals surface area (Å²) in [4.78, 5) is 1.26. The Bertz CT molecular complexity index is 3080. The average Bonchev–Trinajstić information content (AvgIpc) is 3.95. The van der Waals surface area contributed by atoms with E-state index in [0.717, 1.165) is 44.0 Å². The minimum atomic E-state index is 0.883. The van der Waals surface area contributed by atoms with Crippen molar-refractivity contribution < 1.29 is 8.83 Å². The molecule has 11 aromatic rings. The van der Waals surface area contributed by atoms with Gasteiger partial charge in [0.2, 0.25) is 0 Å². The molecule has 0 amide bonds. The molecule has 0 atom stereocenters. The van der Waals surface area contributed by atoms with Gasteiger partial charge >= 0.3 is 0 Å². The van der Waals surface area contributed by atoms with E-state index in [1.54, 1.807) is 11.3 Å². The van der Waals surface area contributed by atoms with Crippen LogP contribution in [0.15, 0.2) is 178 Å². The lowest BCUT2D eigenvalue weighted by atomic mass is 9.85. The highest BCUT2D eigenvalue weighted by atomic mass is 32.1. The summed E-state index contributed by atoms with van der Waals surface area (Å²) < 4.78 is 12.5. The first-order valence-corrected chi connectivity index (χ1v) is 18.1. The zero-order chi connectivity index (χ0) is 33.5. The number of benzene rings is 8. The maximum Gasteiger partial charge on any atom is 0.136 e. The van der Waals surface area contributed by atoms with Gasteiger partial charge in [0.25, 0.3) is 0 Å². The average molecular weight is 669 g/mol. The molecule has 0 fully saturated rings. The molecule has 2 nitrogen and oxygen atoms in total. The highest BCUT2D eigenvalue weighted by Gasteiger charge is 2.19. The number of rotatable bonds is 4. The number of fused-ring (bicyclic) bond motifs is 7. The first kappa shape index (κ1) is 28.4. The summed E-state index contributed by atoms with van der Waals surface area (Å²) in [5, 5.41) is 12.8. The van der Waals surface area contributed by atoms with Crippen LogP contribution >= 0.6 is 11.3 Å². The maximum atomic E-state index is 6.39. The summed E-state index contributed by atoms with van der Waals surface area (Å²) in [6.45, 7) is 0. The van der Waals surface area contributed by atoms with Gasteiger partial charge in [-0.3, -0.25) is 0 Å². The summed E-state index contributed by atoms with van der Waals surface area (Å²) in [5.74, 6) is 0. The summed E-state index contributed by atoms with van der Waals surface area (Å²) in [6, 6.07) is 56.9. The van der Waals surface area contributed by atoms with Crippen LogP contribution in [0.5, 0.6) is 0 Å². The molecule has 238 valence electrons. The predicted molar refractivity (Wildman–Crippen MR) is 216 cm³/mol. The van der Waals surface area contributed by atoms with Crippen molar-refractivity contribution in [2.24, 2.45) is 0 Å². The Kier molecular flexibility index (Phi) is 6.16. The van der Waals surface area contributed by atoms with Crippen molar-refractivity contribution in [3.63, 3.8) is 0 Å². The lowest BCUT2D eigenvalue weighted by Crippen LogP contribution is -1.91. The van der Waals surface area contributed by atoms with E-state index in [4.69, 9.17) is 8.83 Å². The fourth-order valence-electron chi connectivity index (χ4n) is 8.06. The fraction of sp³-hybridized carbons (Fsp3) is 0. The van der Waals surface area contributed by atoms with E-state index < -0.39 is 0 Å². The molecule has 3 aromatic heterocycles. The molecule has 51 heavy (non-hydrogen) atoms. The molecule has 0 aliphatic rings. The Labute approximate surface area is 297 Å². The molecule has 3 heteroatoms. The zero-order valence-corrected chi connectivity index (χ0v) is 28.2. The van der Waals surface area contributed by atoms with Gasteiger partial charge in [-0.1, -0.05) is 109 Å². The molecule has 0 spiro atoms. The van der Waals surface area contributed by atoms with Crippen LogP contribution in [0.3, 0.4) is 0 Å². The van der Waals surface area contributed by atoms with Crippen LogP contribution in [0.1, 0.15) is 0 Å². The van der Waals surface area contributed by atoms with Crippen molar-refractivity contribution in [2.45, 2.75) is 0 Å². The predicted octanol–water partition coefficient (Wildman–Crippen LogP) is 14.5. The third-order valence-corrected chi connectivity index (χ3v) is 11.3. The normalized spacial score (nSPS) is 11.9. The molecule has 0 unspecified atom stereocenters. The van der Waals surface area contributed by atoms with Gasteiger partial charge in [-0.05, 0) is 120 Å². The van der Waals surface area contributed by atoms with Crippen LogP contribution in [0, 0.1) is 0 Å². The van der Waals surface area contributed by atoms with Crippen LogP contribution in [0.4, 0.5) is 0 Å². The van der Waals surface area contributed by atoms with Crippen LogP contribution < -0.4 is 0 Å². The Morgan fingerprint density at radius 2 is 0.980 bits per heavy atom. The summed E-state index contributed by atoms with van der Waals surface area (Å²) >= 11 is 1.76. The molecular weight excluding hydrogens is 641 g/mol. The minimum Gasteiger partial charge on any atom is -0.464 e. The van der Waals surface area contributed by atoms with E-state index in [-0.39, 0.29) is 0 Å². The second kappa shape index (κ2) is 11.0. The Morgan fingerprint density at radius 3 is 1.67 bits per heavy atom. The van der Waals surface area contributed by atoms with Crippen molar-refractivity contribution in [3.05, 3.63) is 169 Å². The number of thiophene rings is 1. The van der Waals surface area contributed by atoms with E-state index in [0.29, 0.717) is 0 Å². The van der Waals surface area contributed by atoms with Gasteiger partial charge in [-0.2, -0.15) is 0 Å². The van der Waals surface area contributed by atoms with Gasteiger partial charge < -0.3 is 8.83 Å². The van der Waals surface area contributed by atoms with Crippen molar-refractivity contribution in [1.29, 1.82) is 0 Å². The Balaban J connectivity index is 1.13. The zero-order valence-electron chi connectivity index (χ0n) is 27.4. The van der Waals surface area contributed by atoms with Crippen LogP contribution in [-0.2, 0) is 0 Å². The highest BCUT2D eigenvalue weighted by molar-refractivity contribution is 7.13. The summed E-state index contributed by atoms with van der Waals surface area (Å²) in [7, 11) is 0. The highest BCUT2D eigenvalue weighted by Crippen LogP contribution is 2.46. The molecule has 11 rings (SSSR count). The number of furan rings is 2. The molecule has 0 radical (unpaired) electrons. The van der Waals surface area contributed by atoms with E-state index >= 15 is 0 Å². The fourth-order valence-corrected chi connectivity index (χ4v) is 8.78. The molecule has 0 bridgehead atoms. The largest absolute Gasteiger partial charge is 0.464 e. The molecule has 0 aliphatic heterocycles. The van der Waals surface area contributed by atoms with Gasteiger partial charge in [-0.25, -0.2) is 0 Å². The van der Waals surface area contributed by atoms with Crippen molar-refractivity contribution >= 4 is 76.6 Å². The maximum absolute atomic E-state index is 6.39. The Morgan fingerprint density at radius 1 is 0.373 bits per heavy atom. The SMILES string of the molecule is c1cc(-c2cccs2)cc(-c2coc3ccc(-c4c5ccccc5c(-c5ccc6oc7cc8ccccc8cc7c6c5)c5ccccc45)cc23)c1. The molecule has 3 heterocycles. The number of hydrogen-bond acceptors (Lipinski definition) is 3. The van der Waals surface area contributed by atoms with Gasteiger partial charge in [0.15, 0.2) is 0 Å². The van der Waals surface area contributed by atoms with E-state index in [9.17, 15) is 0 Å². The van der Waals surface area contributed by atoms with Gasteiger partial charge in [0, 0.05) is 26.6 Å². The van der Waals surface area contributed by atoms with Crippen molar-refractivity contribution in [2.75, 3.05) is 0 Å². The van der Waals surface area contributed by atoms with E-state index in [1.165, 1.54) is 65.0 Å². The van der Waals surface area contributed by atoms with Crippen molar-refractivity contribution in [1.82, 2.24) is 0 Å². The molecule has 0 aliphatic carbocycles. The topological polar surface area (TPSA) is 26.3 Å². The third-order valence-electron chi connectivity index (χ3n) is 10.4. The van der Waals surface area contributed by atoms with E-state index in [1.807, 2.05) is 6.26 Å².